The number of nitrogens with one attached hydrogen (secondary N) is 1. The Kier molecular flexibility index (Phi) is 6.81. The molecule has 2 atom stereocenters. The van der Waals surface area contributed by atoms with Gasteiger partial charge in [-0.1, -0.05) is 12.2 Å². The quantitative estimate of drug-likeness (QED) is 0.280. The fourth-order valence-electron chi connectivity index (χ4n) is 5.95. The fourth-order valence-corrected chi connectivity index (χ4v) is 5.95. The summed E-state index contributed by atoms with van der Waals surface area (Å²) in [7, 11) is 2.04. The number of aromatic nitrogens is 2. The Morgan fingerprint density at radius 1 is 1.09 bits per heavy atom. The molecule has 3 aliphatic rings. The number of pyridine rings is 2. The first-order valence-corrected chi connectivity index (χ1v) is 14.7. The fraction of sp³-hybridized carbons (Fsp3) is 0.200. The highest BCUT2D eigenvalue weighted by atomic mass is 19.1. The van der Waals surface area contributed by atoms with Gasteiger partial charge >= 0.3 is 0 Å². The van der Waals surface area contributed by atoms with Crippen LogP contribution in [0.25, 0.3) is 22.4 Å². The number of nitrogens with zero attached hydrogens (tertiary/aromatic N) is 4. The van der Waals surface area contributed by atoms with Crippen molar-refractivity contribution in [2.45, 2.75) is 31.2 Å². The third-order valence-corrected chi connectivity index (χ3v) is 8.65. The lowest BCUT2D eigenvalue weighted by Crippen LogP contribution is -2.31. The molecule has 224 valence electrons. The summed E-state index contributed by atoms with van der Waals surface area (Å²) in [5, 5.41) is 12.6. The second kappa shape index (κ2) is 10.9. The van der Waals surface area contributed by atoms with Crippen LogP contribution in [0, 0.1) is 28.9 Å². The average Bonchev–Trinajstić information content (AvgIpc) is 3.94. The van der Waals surface area contributed by atoms with Gasteiger partial charge < -0.3 is 16.0 Å². The van der Waals surface area contributed by atoms with Crippen LogP contribution in [0.4, 0.5) is 20.3 Å². The zero-order chi connectivity index (χ0) is 31.4. The average molecular weight is 603 g/mol. The maximum atomic E-state index is 15.6. The van der Waals surface area contributed by atoms with E-state index in [-0.39, 0.29) is 39.9 Å². The van der Waals surface area contributed by atoms with Crippen molar-refractivity contribution in [1.82, 2.24) is 14.5 Å². The van der Waals surface area contributed by atoms with Gasteiger partial charge in [-0.3, -0.25) is 14.2 Å². The SMILES string of the molecule is CN1C=C(c2cnc(N)c(-c3ccc(NC(=O)c4cc(C5CC5)c(C#N)n(-c5ccc(F)cc5)c4=O)cc3F)c2)C=CC2CC21. The summed E-state index contributed by atoms with van der Waals surface area (Å²) in [6, 6.07) is 15.1. The van der Waals surface area contributed by atoms with E-state index in [1.807, 2.05) is 7.05 Å². The molecule has 2 saturated carbocycles. The second-order valence-corrected chi connectivity index (χ2v) is 11.7. The first-order valence-electron chi connectivity index (χ1n) is 14.7. The third-order valence-electron chi connectivity index (χ3n) is 8.65. The number of amides is 1. The smallest absolute Gasteiger partial charge is 0.269 e. The number of nitrogen functional groups attached to an aromatic ring is 1. The molecule has 2 aromatic carbocycles. The van der Waals surface area contributed by atoms with Crippen LogP contribution >= 0.6 is 0 Å². The van der Waals surface area contributed by atoms with Gasteiger partial charge in [-0.05, 0) is 96.8 Å². The number of halogens is 2. The number of allylic oxidation sites excluding steroid dienone is 2. The van der Waals surface area contributed by atoms with E-state index >= 15 is 4.39 Å². The molecule has 0 bridgehead atoms. The monoisotopic (exact) mass is 602 g/mol. The van der Waals surface area contributed by atoms with Gasteiger partial charge in [0.2, 0.25) is 0 Å². The van der Waals surface area contributed by atoms with E-state index in [4.69, 9.17) is 5.73 Å². The van der Waals surface area contributed by atoms with E-state index in [9.17, 15) is 19.2 Å². The van der Waals surface area contributed by atoms with E-state index in [2.05, 4.69) is 39.6 Å². The van der Waals surface area contributed by atoms with Crippen LogP contribution in [0.1, 0.15) is 52.4 Å². The van der Waals surface area contributed by atoms with Crippen molar-refractivity contribution in [1.29, 1.82) is 5.26 Å². The molecule has 2 fully saturated rings. The number of nitrogens with two attached hydrogens (primary N) is 1. The number of benzene rings is 2. The first kappa shape index (κ1) is 28.2. The minimum absolute atomic E-state index is 0.0281. The maximum Gasteiger partial charge on any atom is 0.269 e. The molecular formula is C35H28F2N6O2. The van der Waals surface area contributed by atoms with Crippen molar-refractivity contribution in [3.05, 3.63) is 124 Å². The van der Waals surface area contributed by atoms with E-state index in [0.29, 0.717) is 23.1 Å². The number of anilines is 2. The standard InChI is InChI=1S/C35H28F2N6O2/c1-42-18-21(5-4-20-13-31(20)42)22-12-28(33(39)40-17-22)26-11-8-24(14-30(26)37)41-34(44)29-15-27(19-2-3-19)32(16-38)43(35(29)45)25-9-6-23(36)7-10-25/h4-12,14-15,17-20,31H,2-3,13H2,1H3,(H2,39,40)(H,41,44). The predicted molar refractivity (Wildman–Crippen MR) is 167 cm³/mol. The van der Waals surface area contributed by atoms with Gasteiger partial charge in [0.1, 0.15) is 34.8 Å². The molecular weight excluding hydrogens is 574 g/mol. The van der Waals surface area contributed by atoms with Crippen molar-refractivity contribution >= 4 is 23.0 Å². The molecule has 0 saturated heterocycles. The number of nitriles is 1. The van der Waals surface area contributed by atoms with Crippen molar-refractivity contribution in [2.24, 2.45) is 5.92 Å². The Morgan fingerprint density at radius 3 is 2.58 bits per heavy atom. The van der Waals surface area contributed by atoms with Gasteiger partial charge in [0.05, 0.1) is 5.69 Å². The first-order chi connectivity index (χ1) is 21.7. The molecule has 2 aliphatic carbocycles. The van der Waals surface area contributed by atoms with E-state index in [0.717, 1.165) is 41.0 Å². The lowest BCUT2D eigenvalue weighted by atomic mass is 10.00. The summed E-state index contributed by atoms with van der Waals surface area (Å²) in [4.78, 5) is 33.5. The van der Waals surface area contributed by atoms with Crippen molar-refractivity contribution < 1.29 is 13.6 Å². The number of rotatable bonds is 6. The van der Waals surface area contributed by atoms with Gasteiger partial charge in [-0.15, -0.1) is 0 Å². The Bertz CT molecular complexity index is 2040. The van der Waals surface area contributed by atoms with Crippen LogP contribution in [0.5, 0.6) is 0 Å². The number of hydrogen-bond donors (Lipinski definition) is 2. The molecule has 0 spiro atoms. The largest absolute Gasteiger partial charge is 0.383 e. The zero-order valence-electron chi connectivity index (χ0n) is 24.3. The van der Waals surface area contributed by atoms with Gasteiger partial charge in [-0.2, -0.15) is 5.26 Å². The molecule has 8 nitrogen and oxygen atoms in total. The van der Waals surface area contributed by atoms with E-state index < -0.39 is 23.1 Å². The third kappa shape index (κ3) is 5.27. The summed E-state index contributed by atoms with van der Waals surface area (Å²) in [6.45, 7) is 0. The normalized spacial score (nSPS) is 18.4. The Morgan fingerprint density at radius 2 is 1.87 bits per heavy atom. The Hall–Kier alpha value is -5.56. The highest BCUT2D eigenvalue weighted by Gasteiger charge is 2.38. The zero-order valence-corrected chi connectivity index (χ0v) is 24.3. The second-order valence-electron chi connectivity index (χ2n) is 11.7. The van der Waals surface area contributed by atoms with Crippen LogP contribution in [0.3, 0.4) is 0 Å². The van der Waals surface area contributed by atoms with Crippen molar-refractivity contribution in [2.75, 3.05) is 18.1 Å². The minimum Gasteiger partial charge on any atom is -0.383 e. The Balaban J connectivity index is 1.20. The van der Waals surface area contributed by atoms with Gasteiger partial charge in [0, 0.05) is 47.9 Å². The van der Waals surface area contributed by atoms with Crippen LogP contribution in [0.15, 0.2) is 83.9 Å². The van der Waals surface area contributed by atoms with Crippen molar-refractivity contribution in [3.8, 4) is 22.9 Å². The van der Waals surface area contributed by atoms with Crippen LogP contribution in [-0.4, -0.2) is 33.4 Å². The molecule has 3 heterocycles. The van der Waals surface area contributed by atoms with Gasteiger partial charge in [0.25, 0.3) is 11.5 Å². The van der Waals surface area contributed by atoms with Gasteiger partial charge in [0.15, 0.2) is 0 Å². The summed E-state index contributed by atoms with van der Waals surface area (Å²) in [6.07, 6.45) is 10.7. The molecule has 7 rings (SSSR count). The molecule has 1 aliphatic heterocycles. The van der Waals surface area contributed by atoms with Crippen LogP contribution < -0.4 is 16.6 Å². The summed E-state index contributed by atoms with van der Waals surface area (Å²) in [5.41, 5.74) is 8.66. The molecule has 3 N–H and O–H groups in total. The molecule has 2 aromatic heterocycles. The van der Waals surface area contributed by atoms with E-state index in [1.54, 1.807) is 12.3 Å². The molecule has 2 unspecified atom stereocenters. The topological polar surface area (TPSA) is 117 Å². The van der Waals surface area contributed by atoms with Crippen molar-refractivity contribution in [3.63, 3.8) is 0 Å². The molecule has 4 aromatic rings. The highest BCUT2D eigenvalue weighted by Crippen LogP contribution is 2.42. The lowest BCUT2D eigenvalue weighted by molar-refractivity contribution is 0.102. The Labute approximate surface area is 257 Å². The van der Waals surface area contributed by atoms with Crippen LogP contribution in [-0.2, 0) is 0 Å². The minimum atomic E-state index is -0.758. The summed E-state index contributed by atoms with van der Waals surface area (Å²) in [5.74, 6) is -1.17. The number of hydrogen-bond acceptors (Lipinski definition) is 6. The maximum absolute atomic E-state index is 15.6. The number of carbonyl (C=O) groups excluding carboxylic acids is 1. The van der Waals surface area contributed by atoms with Crippen LogP contribution in [0.2, 0.25) is 0 Å². The molecule has 1 amide bonds. The van der Waals surface area contributed by atoms with E-state index in [1.165, 1.54) is 42.5 Å². The summed E-state index contributed by atoms with van der Waals surface area (Å²) >= 11 is 0. The summed E-state index contributed by atoms with van der Waals surface area (Å²) < 4.78 is 30.4. The number of carbonyl (C=O) groups is 1. The van der Waals surface area contributed by atoms with Gasteiger partial charge in [-0.25, -0.2) is 13.8 Å². The molecule has 10 heteroatoms. The highest BCUT2D eigenvalue weighted by molar-refractivity contribution is 6.04. The lowest BCUT2D eigenvalue weighted by Gasteiger charge is -2.16. The molecule has 0 radical (unpaired) electrons. The number of fused-ring (bicyclic) bond motifs is 1. The molecule has 45 heavy (non-hydrogen) atoms. The predicted octanol–water partition coefficient (Wildman–Crippen LogP) is 5.99.